The zero-order chi connectivity index (χ0) is 13.0. The van der Waals surface area contributed by atoms with E-state index >= 15 is 0 Å². The topological polar surface area (TPSA) is 45.1 Å². The number of rotatable bonds is 5. The van der Waals surface area contributed by atoms with Gasteiger partial charge in [-0.3, -0.25) is 0 Å². The molecular formula is C15H22N2O. The third-order valence-electron chi connectivity index (χ3n) is 3.33. The molecule has 1 unspecified atom stereocenters. The first-order valence-corrected chi connectivity index (χ1v) is 6.78. The van der Waals surface area contributed by atoms with E-state index in [-0.39, 0.29) is 0 Å². The molecule has 0 aliphatic carbocycles. The van der Waals surface area contributed by atoms with Gasteiger partial charge in [0, 0.05) is 17.3 Å². The number of benzene rings is 1. The van der Waals surface area contributed by atoms with Crippen molar-refractivity contribution < 1.29 is 4.74 Å². The van der Waals surface area contributed by atoms with Crippen molar-refractivity contribution in [1.82, 2.24) is 5.32 Å². The Kier molecular flexibility index (Phi) is 4.37. The van der Waals surface area contributed by atoms with Gasteiger partial charge in [0.25, 0.3) is 0 Å². The van der Waals surface area contributed by atoms with Crippen molar-refractivity contribution in [2.45, 2.75) is 39.2 Å². The molecule has 1 aliphatic heterocycles. The zero-order valence-electron chi connectivity index (χ0n) is 11.3. The summed E-state index contributed by atoms with van der Waals surface area (Å²) in [4.78, 5) is 0. The van der Waals surface area contributed by atoms with Crippen LogP contribution >= 0.6 is 0 Å². The molecule has 0 amide bonds. The van der Waals surface area contributed by atoms with Crippen LogP contribution in [0.4, 0.5) is 0 Å². The molecule has 3 nitrogen and oxygen atoms in total. The summed E-state index contributed by atoms with van der Waals surface area (Å²) in [5.74, 6) is 0.857. The Hall–Kier alpha value is -1.35. The first-order chi connectivity index (χ1) is 8.72. The van der Waals surface area contributed by atoms with Crippen LogP contribution in [0.3, 0.4) is 0 Å². The molecule has 18 heavy (non-hydrogen) atoms. The summed E-state index contributed by atoms with van der Waals surface area (Å²) in [6.45, 7) is 5.71. The first kappa shape index (κ1) is 13.1. The third-order valence-corrected chi connectivity index (χ3v) is 3.33. The lowest BCUT2D eigenvalue weighted by Gasteiger charge is -2.15. The molecule has 1 fully saturated rings. The normalized spacial score (nSPS) is 18.9. The highest BCUT2D eigenvalue weighted by atomic mass is 16.5. The molecule has 1 heterocycles. The van der Waals surface area contributed by atoms with Crippen molar-refractivity contribution in [2.24, 2.45) is 0 Å². The summed E-state index contributed by atoms with van der Waals surface area (Å²) in [5, 5.41) is 11.3. The van der Waals surface area contributed by atoms with Crippen LogP contribution in [-0.2, 0) is 0 Å². The molecule has 2 rings (SSSR count). The largest absolute Gasteiger partial charge is 0.493 e. The number of nitrogens with one attached hydrogen (secondary N) is 2. The van der Waals surface area contributed by atoms with Crippen molar-refractivity contribution in [3.63, 3.8) is 0 Å². The van der Waals surface area contributed by atoms with Gasteiger partial charge < -0.3 is 15.5 Å². The molecular weight excluding hydrogens is 224 g/mol. The van der Waals surface area contributed by atoms with Gasteiger partial charge in [0.15, 0.2) is 0 Å². The molecule has 1 aliphatic rings. The minimum atomic E-state index is 0.453. The lowest BCUT2D eigenvalue weighted by Crippen LogP contribution is -2.13. The van der Waals surface area contributed by atoms with Crippen LogP contribution in [0.2, 0.25) is 0 Å². The Morgan fingerprint density at radius 2 is 2.33 bits per heavy atom. The van der Waals surface area contributed by atoms with Crippen LogP contribution in [0.15, 0.2) is 18.2 Å². The van der Waals surface area contributed by atoms with E-state index in [0.717, 1.165) is 24.3 Å². The highest BCUT2D eigenvalue weighted by Crippen LogP contribution is 2.29. The Bertz CT molecular complexity index is 423. The second kappa shape index (κ2) is 6.01. The monoisotopic (exact) mass is 246 g/mol. The van der Waals surface area contributed by atoms with E-state index in [9.17, 15) is 0 Å². The second-order valence-corrected chi connectivity index (χ2v) is 4.88. The number of hydrogen-bond acceptors (Lipinski definition) is 3. The van der Waals surface area contributed by atoms with E-state index in [1.54, 1.807) is 0 Å². The fraction of sp³-hybridized carbons (Fsp3) is 0.533. The van der Waals surface area contributed by atoms with Gasteiger partial charge >= 0.3 is 0 Å². The van der Waals surface area contributed by atoms with Gasteiger partial charge in [-0.05, 0) is 50.4 Å². The minimum Gasteiger partial charge on any atom is -0.493 e. The van der Waals surface area contributed by atoms with Crippen LogP contribution in [-0.4, -0.2) is 18.9 Å². The summed E-state index contributed by atoms with van der Waals surface area (Å²) in [5.41, 5.74) is 2.75. The summed E-state index contributed by atoms with van der Waals surface area (Å²) in [6, 6.07) is 6.69. The second-order valence-electron chi connectivity index (χ2n) is 4.88. The molecule has 0 bridgehead atoms. The Morgan fingerprint density at radius 1 is 1.50 bits per heavy atom. The van der Waals surface area contributed by atoms with E-state index in [1.807, 2.05) is 13.0 Å². The van der Waals surface area contributed by atoms with E-state index in [4.69, 9.17) is 10.1 Å². The molecule has 0 radical (unpaired) electrons. The molecule has 2 N–H and O–H groups in total. The van der Waals surface area contributed by atoms with Crippen molar-refractivity contribution in [2.75, 3.05) is 13.2 Å². The molecule has 1 saturated heterocycles. The Morgan fingerprint density at radius 3 is 2.94 bits per heavy atom. The van der Waals surface area contributed by atoms with Crippen LogP contribution in [0.5, 0.6) is 5.75 Å². The maximum absolute atomic E-state index is 7.80. The molecule has 1 aromatic rings. The summed E-state index contributed by atoms with van der Waals surface area (Å²) in [6.07, 6.45) is 3.42. The van der Waals surface area contributed by atoms with E-state index in [2.05, 4.69) is 24.4 Å². The molecule has 1 aromatic carbocycles. The fourth-order valence-corrected chi connectivity index (χ4v) is 2.37. The van der Waals surface area contributed by atoms with Crippen LogP contribution in [0.25, 0.3) is 0 Å². The molecule has 98 valence electrons. The summed E-state index contributed by atoms with van der Waals surface area (Å²) in [7, 11) is 0. The van der Waals surface area contributed by atoms with E-state index in [0.29, 0.717) is 18.4 Å². The van der Waals surface area contributed by atoms with Gasteiger partial charge in [-0.2, -0.15) is 0 Å². The molecule has 0 aromatic heterocycles. The third kappa shape index (κ3) is 2.91. The maximum atomic E-state index is 7.80. The van der Waals surface area contributed by atoms with Crippen molar-refractivity contribution >= 4 is 5.71 Å². The van der Waals surface area contributed by atoms with Crippen molar-refractivity contribution in [3.05, 3.63) is 29.3 Å². The average molecular weight is 246 g/mol. The van der Waals surface area contributed by atoms with Gasteiger partial charge in [0.1, 0.15) is 5.75 Å². The lowest BCUT2D eigenvalue weighted by atomic mass is 10.0. The molecule has 3 heteroatoms. The smallest absolute Gasteiger partial charge is 0.128 e. The zero-order valence-corrected chi connectivity index (χ0v) is 11.3. The maximum Gasteiger partial charge on any atom is 0.128 e. The number of hydrogen-bond donors (Lipinski definition) is 2. The minimum absolute atomic E-state index is 0.453. The lowest BCUT2D eigenvalue weighted by molar-refractivity contribution is 0.316. The van der Waals surface area contributed by atoms with Crippen molar-refractivity contribution in [1.29, 1.82) is 5.41 Å². The van der Waals surface area contributed by atoms with Gasteiger partial charge in [-0.1, -0.05) is 13.0 Å². The highest BCUT2D eigenvalue weighted by molar-refractivity contribution is 5.98. The van der Waals surface area contributed by atoms with Gasteiger partial charge in [0.2, 0.25) is 0 Å². The highest BCUT2D eigenvalue weighted by Gasteiger charge is 2.18. The van der Waals surface area contributed by atoms with Crippen LogP contribution in [0, 0.1) is 5.41 Å². The molecule has 1 atom stereocenters. The fourth-order valence-electron chi connectivity index (χ4n) is 2.37. The quantitative estimate of drug-likeness (QED) is 0.783. The van der Waals surface area contributed by atoms with Crippen LogP contribution in [0.1, 0.15) is 50.3 Å². The predicted octanol–water partition coefficient (Wildman–Crippen LogP) is 3.29. The number of ether oxygens (including phenoxy) is 1. The molecule has 0 saturated carbocycles. The average Bonchev–Trinajstić information content (AvgIpc) is 2.89. The Labute approximate surface area is 109 Å². The van der Waals surface area contributed by atoms with Crippen molar-refractivity contribution in [3.8, 4) is 5.75 Å². The first-order valence-electron chi connectivity index (χ1n) is 6.78. The predicted molar refractivity (Wildman–Crippen MR) is 74.7 cm³/mol. The summed E-state index contributed by atoms with van der Waals surface area (Å²) < 4.78 is 5.78. The standard InChI is InChI=1S/C15H22N2O/c1-3-9-18-15-10-12(14-5-4-8-17-14)6-7-13(15)11(2)16/h6-7,10,14,16-17H,3-5,8-9H2,1-2H3. The Balaban J connectivity index is 2.25. The van der Waals surface area contributed by atoms with E-state index < -0.39 is 0 Å². The van der Waals surface area contributed by atoms with Gasteiger partial charge in [-0.25, -0.2) is 0 Å². The molecule has 0 spiro atoms. The van der Waals surface area contributed by atoms with Gasteiger partial charge in [-0.15, -0.1) is 0 Å². The van der Waals surface area contributed by atoms with Crippen LogP contribution < -0.4 is 10.1 Å². The SMILES string of the molecule is CCCOc1cc(C2CCCN2)ccc1C(C)=N. The summed E-state index contributed by atoms with van der Waals surface area (Å²) >= 11 is 0. The van der Waals surface area contributed by atoms with E-state index in [1.165, 1.54) is 18.4 Å². The van der Waals surface area contributed by atoms with Gasteiger partial charge in [0.05, 0.1) is 6.61 Å².